The Kier molecular flexibility index (Phi) is 6.58. The molecule has 1 aliphatic heterocycles. The Bertz CT molecular complexity index is 634. The smallest absolute Gasteiger partial charge is 0.134 e. The molecule has 1 aromatic carbocycles. The highest BCUT2D eigenvalue weighted by Crippen LogP contribution is 2.28. The topological polar surface area (TPSA) is 37.6 Å². The summed E-state index contributed by atoms with van der Waals surface area (Å²) in [4.78, 5) is 2.44. The molecule has 0 bridgehead atoms. The Balaban J connectivity index is 1.42. The number of hydrogen-bond donors (Lipinski definition) is 1. The van der Waals surface area contributed by atoms with Crippen molar-refractivity contribution in [2.45, 2.75) is 13.0 Å². The second kappa shape index (κ2) is 8.88. The molecule has 0 aliphatic carbocycles. The van der Waals surface area contributed by atoms with Crippen LogP contribution in [0, 0.1) is 0 Å². The first-order valence-electron chi connectivity index (χ1n) is 8.27. The number of nitrogens with zero attached hydrogens (tertiary/aromatic N) is 1. The molecular formula is C18H22Cl2N2O2. The molecule has 1 aliphatic rings. The van der Waals surface area contributed by atoms with Crippen molar-refractivity contribution in [2.24, 2.45) is 0 Å². The molecule has 0 saturated carbocycles. The Hall–Kier alpha value is -1.04. The highest BCUT2D eigenvalue weighted by atomic mass is 35.5. The Morgan fingerprint density at radius 2 is 1.79 bits per heavy atom. The van der Waals surface area contributed by atoms with Crippen LogP contribution in [0.15, 0.2) is 34.7 Å². The molecule has 24 heavy (non-hydrogen) atoms. The fourth-order valence-electron chi connectivity index (χ4n) is 2.79. The van der Waals surface area contributed by atoms with Gasteiger partial charge in [0.2, 0.25) is 0 Å². The van der Waals surface area contributed by atoms with Gasteiger partial charge in [0.05, 0.1) is 19.8 Å². The van der Waals surface area contributed by atoms with E-state index in [0.29, 0.717) is 10.0 Å². The summed E-state index contributed by atoms with van der Waals surface area (Å²) < 4.78 is 11.2. The van der Waals surface area contributed by atoms with Gasteiger partial charge < -0.3 is 14.5 Å². The van der Waals surface area contributed by atoms with Gasteiger partial charge in [0.25, 0.3) is 0 Å². The zero-order valence-corrected chi connectivity index (χ0v) is 15.1. The van der Waals surface area contributed by atoms with Crippen molar-refractivity contribution in [3.63, 3.8) is 0 Å². The van der Waals surface area contributed by atoms with E-state index in [1.165, 1.54) is 0 Å². The van der Waals surface area contributed by atoms with E-state index >= 15 is 0 Å². The monoisotopic (exact) mass is 368 g/mol. The van der Waals surface area contributed by atoms with Crippen LogP contribution in [0.25, 0.3) is 11.3 Å². The van der Waals surface area contributed by atoms with E-state index in [1.54, 1.807) is 6.07 Å². The molecule has 1 saturated heterocycles. The van der Waals surface area contributed by atoms with Gasteiger partial charge in [0, 0.05) is 28.7 Å². The summed E-state index contributed by atoms with van der Waals surface area (Å²) in [6, 6.07) is 9.36. The third kappa shape index (κ3) is 5.23. The minimum Gasteiger partial charge on any atom is -0.460 e. The van der Waals surface area contributed by atoms with Crippen LogP contribution in [0.2, 0.25) is 10.0 Å². The molecule has 130 valence electrons. The number of benzene rings is 1. The number of hydrogen-bond acceptors (Lipinski definition) is 4. The molecule has 0 atom stereocenters. The molecule has 0 radical (unpaired) electrons. The average Bonchev–Trinajstić information content (AvgIpc) is 3.04. The summed E-state index contributed by atoms with van der Waals surface area (Å²) in [7, 11) is 0. The average molecular weight is 369 g/mol. The first-order valence-corrected chi connectivity index (χ1v) is 9.02. The van der Waals surface area contributed by atoms with Gasteiger partial charge in [-0.3, -0.25) is 4.90 Å². The molecular weight excluding hydrogens is 347 g/mol. The van der Waals surface area contributed by atoms with E-state index in [9.17, 15) is 0 Å². The van der Waals surface area contributed by atoms with E-state index in [4.69, 9.17) is 32.4 Å². The standard InChI is InChI=1S/C18H22Cl2N2O2/c19-15-10-14(11-16(20)12-15)18-3-2-17(24-18)13-21-4-1-5-22-6-8-23-9-7-22/h2-3,10-12,21H,1,4-9,13H2. The van der Waals surface area contributed by atoms with Crippen molar-refractivity contribution in [1.82, 2.24) is 10.2 Å². The lowest BCUT2D eigenvalue weighted by atomic mass is 10.2. The lowest BCUT2D eigenvalue weighted by Crippen LogP contribution is -2.37. The molecule has 2 heterocycles. The van der Waals surface area contributed by atoms with Gasteiger partial charge in [-0.25, -0.2) is 0 Å². The van der Waals surface area contributed by atoms with Crippen molar-refractivity contribution in [2.75, 3.05) is 39.4 Å². The van der Waals surface area contributed by atoms with E-state index in [1.807, 2.05) is 24.3 Å². The highest BCUT2D eigenvalue weighted by molar-refractivity contribution is 6.35. The van der Waals surface area contributed by atoms with Gasteiger partial charge in [-0.2, -0.15) is 0 Å². The lowest BCUT2D eigenvalue weighted by molar-refractivity contribution is 0.0374. The molecule has 1 N–H and O–H groups in total. The highest BCUT2D eigenvalue weighted by Gasteiger charge is 2.09. The molecule has 3 rings (SSSR count). The van der Waals surface area contributed by atoms with Crippen LogP contribution in [0.3, 0.4) is 0 Å². The molecule has 4 nitrogen and oxygen atoms in total. The van der Waals surface area contributed by atoms with Gasteiger partial charge in [-0.05, 0) is 49.8 Å². The van der Waals surface area contributed by atoms with Crippen LogP contribution >= 0.6 is 23.2 Å². The van der Waals surface area contributed by atoms with Crippen LogP contribution in [0.5, 0.6) is 0 Å². The maximum Gasteiger partial charge on any atom is 0.134 e. The van der Waals surface area contributed by atoms with Crippen molar-refractivity contribution in [1.29, 1.82) is 0 Å². The van der Waals surface area contributed by atoms with Crippen LogP contribution < -0.4 is 5.32 Å². The van der Waals surface area contributed by atoms with Gasteiger partial charge in [-0.1, -0.05) is 23.2 Å². The zero-order valence-electron chi connectivity index (χ0n) is 13.6. The van der Waals surface area contributed by atoms with Crippen LogP contribution in [-0.4, -0.2) is 44.3 Å². The molecule has 6 heteroatoms. The minimum absolute atomic E-state index is 0.608. The second-order valence-electron chi connectivity index (χ2n) is 5.91. The third-order valence-electron chi connectivity index (χ3n) is 4.04. The van der Waals surface area contributed by atoms with E-state index < -0.39 is 0 Å². The number of furan rings is 1. The van der Waals surface area contributed by atoms with Crippen LogP contribution in [-0.2, 0) is 11.3 Å². The Labute approximate surface area is 152 Å². The molecule has 0 amide bonds. The molecule has 1 aromatic heterocycles. The first kappa shape index (κ1) is 17.8. The molecule has 0 spiro atoms. The van der Waals surface area contributed by atoms with Crippen molar-refractivity contribution < 1.29 is 9.15 Å². The molecule has 2 aromatic rings. The summed E-state index contributed by atoms with van der Waals surface area (Å²) >= 11 is 12.1. The number of halogens is 2. The predicted molar refractivity (Wildman–Crippen MR) is 97.7 cm³/mol. The van der Waals surface area contributed by atoms with E-state index in [-0.39, 0.29) is 0 Å². The summed E-state index contributed by atoms with van der Waals surface area (Å²) in [5, 5.41) is 4.64. The largest absolute Gasteiger partial charge is 0.460 e. The van der Waals surface area contributed by atoms with E-state index in [2.05, 4.69) is 10.2 Å². The summed E-state index contributed by atoms with van der Waals surface area (Å²) in [5.41, 5.74) is 0.895. The first-order chi connectivity index (χ1) is 11.7. The predicted octanol–water partition coefficient (Wildman–Crippen LogP) is 4.07. The maximum atomic E-state index is 6.04. The van der Waals surface area contributed by atoms with Crippen LogP contribution in [0.4, 0.5) is 0 Å². The fraction of sp³-hybridized carbons (Fsp3) is 0.444. The fourth-order valence-corrected chi connectivity index (χ4v) is 3.31. The summed E-state index contributed by atoms with van der Waals surface area (Å²) in [6.45, 7) is 6.61. The lowest BCUT2D eigenvalue weighted by Gasteiger charge is -2.26. The Morgan fingerprint density at radius 3 is 2.54 bits per heavy atom. The third-order valence-corrected chi connectivity index (χ3v) is 4.48. The van der Waals surface area contributed by atoms with Crippen molar-refractivity contribution in [3.8, 4) is 11.3 Å². The van der Waals surface area contributed by atoms with Gasteiger partial charge >= 0.3 is 0 Å². The quantitative estimate of drug-likeness (QED) is 0.747. The summed E-state index contributed by atoms with van der Waals surface area (Å²) in [5.74, 6) is 1.69. The van der Waals surface area contributed by atoms with Gasteiger partial charge in [-0.15, -0.1) is 0 Å². The Morgan fingerprint density at radius 1 is 1.04 bits per heavy atom. The zero-order chi connectivity index (χ0) is 16.8. The van der Waals surface area contributed by atoms with Gasteiger partial charge in [0.15, 0.2) is 0 Å². The van der Waals surface area contributed by atoms with Gasteiger partial charge in [0.1, 0.15) is 11.5 Å². The molecule has 1 fully saturated rings. The molecule has 0 unspecified atom stereocenters. The number of ether oxygens (including phenoxy) is 1. The second-order valence-corrected chi connectivity index (χ2v) is 6.78. The maximum absolute atomic E-state index is 6.04. The number of morpholine rings is 1. The minimum atomic E-state index is 0.608. The SMILES string of the molecule is Clc1cc(Cl)cc(-c2ccc(CNCCCN3CCOCC3)o2)c1. The summed E-state index contributed by atoms with van der Waals surface area (Å²) in [6.07, 6.45) is 1.12. The van der Waals surface area contributed by atoms with Crippen molar-refractivity contribution >= 4 is 23.2 Å². The van der Waals surface area contributed by atoms with Crippen LogP contribution in [0.1, 0.15) is 12.2 Å². The normalized spacial score (nSPS) is 15.8. The number of rotatable bonds is 7. The van der Waals surface area contributed by atoms with Crippen molar-refractivity contribution in [3.05, 3.63) is 46.1 Å². The van der Waals surface area contributed by atoms with E-state index in [0.717, 1.165) is 69.4 Å². The number of nitrogens with one attached hydrogen (secondary N) is 1.